The zero-order chi connectivity index (χ0) is 14.4. The van der Waals surface area contributed by atoms with Gasteiger partial charge in [0.15, 0.2) is 0 Å². The molecule has 2 aliphatic heterocycles. The number of carbonyl (C=O) groups excluding carboxylic acids is 1. The summed E-state index contributed by atoms with van der Waals surface area (Å²) in [6, 6.07) is 2.35. The highest BCUT2D eigenvalue weighted by atomic mass is 32.1. The van der Waals surface area contributed by atoms with Crippen LogP contribution in [0.3, 0.4) is 0 Å². The average Bonchev–Trinajstić information content (AvgIpc) is 3.12. The summed E-state index contributed by atoms with van der Waals surface area (Å²) in [5.74, 6) is 7.10. The average molecular weight is 304 g/mol. The molecule has 4 rings (SSSR count). The van der Waals surface area contributed by atoms with Gasteiger partial charge in [0.2, 0.25) is 11.9 Å². The molecular formula is C13H16N6OS. The van der Waals surface area contributed by atoms with Gasteiger partial charge >= 0.3 is 0 Å². The van der Waals surface area contributed by atoms with Crippen LogP contribution in [0.4, 0.5) is 11.8 Å². The Morgan fingerprint density at radius 1 is 1.38 bits per heavy atom. The number of rotatable bonds is 2. The van der Waals surface area contributed by atoms with E-state index < -0.39 is 0 Å². The predicted molar refractivity (Wildman–Crippen MR) is 82.2 cm³/mol. The first-order valence-corrected chi connectivity index (χ1v) is 7.90. The minimum absolute atomic E-state index is 0.285. The molecule has 3 N–H and O–H groups in total. The van der Waals surface area contributed by atoms with E-state index in [1.54, 1.807) is 11.3 Å². The number of carbonyl (C=O) groups is 1. The Morgan fingerprint density at radius 2 is 2.29 bits per heavy atom. The first-order valence-electron chi connectivity index (χ1n) is 7.02. The number of hydrazine groups is 1. The first-order chi connectivity index (χ1) is 10.3. The fourth-order valence-electron chi connectivity index (χ4n) is 3.20. The molecule has 8 heteroatoms. The molecule has 0 aliphatic carbocycles. The maximum absolute atomic E-state index is 11.8. The van der Waals surface area contributed by atoms with Crippen LogP contribution < -0.4 is 16.2 Å². The van der Waals surface area contributed by atoms with E-state index >= 15 is 0 Å². The highest BCUT2D eigenvalue weighted by Gasteiger charge is 2.36. The van der Waals surface area contributed by atoms with Gasteiger partial charge in [-0.2, -0.15) is 4.98 Å². The molecule has 1 amide bonds. The van der Waals surface area contributed by atoms with Crippen molar-refractivity contribution in [2.45, 2.75) is 18.9 Å². The van der Waals surface area contributed by atoms with E-state index in [1.165, 1.54) is 0 Å². The summed E-state index contributed by atoms with van der Waals surface area (Å²) in [5, 5.41) is 3.06. The first kappa shape index (κ1) is 12.8. The van der Waals surface area contributed by atoms with Gasteiger partial charge in [0.05, 0.1) is 5.39 Å². The van der Waals surface area contributed by atoms with E-state index in [-0.39, 0.29) is 5.91 Å². The maximum Gasteiger partial charge on any atom is 0.240 e. The molecule has 0 radical (unpaired) electrons. The van der Waals surface area contributed by atoms with Gasteiger partial charge in [-0.3, -0.25) is 10.2 Å². The highest BCUT2D eigenvalue weighted by molar-refractivity contribution is 7.16. The van der Waals surface area contributed by atoms with Crippen molar-refractivity contribution < 1.29 is 4.79 Å². The number of thiophene rings is 1. The van der Waals surface area contributed by atoms with Crippen LogP contribution in [0.2, 0.25) is 0 Å². The highest BCUT2D eigenvalue weighted by Crippen LogP contribution is 2.32. The minimum atomic E-state index is 0.285. The number of anilines is 2. The second-order valence-electron chi connectivity index (χ2n) is 5.38. The second kappa shape index (κ2) is 4.81. The van der Waals surface area contributed by atoms with Crippen molar-refractivity contribution in [2.24, 2.45) is 5.84 Å². The molecule has 2 aliphatic rings. The molecule has 2 aromatic rings. The third kappa shape index (κ3) is 2.02. The zero-order valence-corrected chi connectivity index (χ0v) is 12.3. The van der Waals surface area contributed by atoms with Crippen LogP contribution in [0.5, 0.6) is 0 Å². The van der Waals surface area contributed by atoms with E-state index in [9.17, 15) is 4.79 Å². The van der Waals surface area contributed by atoms with Crippen LogP contribution in [0.1, 0.15) is 12.8 Å². The lowest BCUT2D eigenvalue weighted by Crippen LogP contribution is -2.51. The topological polar surface area (TPSA) is 87.4 Å². The number of hydrogen-bond acceptors (Lipinski definition) is 7. The van der Waals surface area contributed by atoms with E-state index in [2.05, 4.69) is 20.3 Å². The largest absolute Gasteiger partial charge is 0.352 e. The fourth-order valence-corrected chi connectivity index (χ4v) is 3.96. The monoisotopic (exact) mass is 304 g/mol. The number of fused-ring (bicyclic) bond motifs is 2. The maximum atomic E-state index is 11.8. The van der Waals surface area contributed by atoms with Crippen molar-refractivity contribution in [1.29, 1.82) is 0 Å². The molecule has 0 aromatic carbocycles. The Kier molecular flexibility index (Phi) is 2.93. The molecule has 1 unspecified atom stereocenters. The molecule has 4 heterocycles. The molecule has 2 saturated heterocycles. The predicted octanol–water partition coefficient (Wildman–Crippen LogP) is 0.788. The van der Waals surface area contributed by atoms with Crippen molar-refractivity contribution in [1.82, 2.24) is 14.9 Å². The van der Waals surface area contributed by atoms with Crippen LogP contribution in [0.15, 0.2) is 11.4 Å². The molecule has 110 valence electrons. The molecule has 0 bridgehead atoms. The van der Waals surface area contributed by atoms with Crippen LogP contribution in [-0.2, 0) is 4.79 Å². The number of amides is 1. The summed E-state index contributed by atoms with van der Waals surface area (Å²) in [7, 11) is 0. The lowest BCUT2D eigenvalue weighted by molar-refractivity contribution is -0.129. The van der Waals surface area contributed by atoms with Crippen molar-refractivity contribution in [2.75, 3.05) is 30.0 Å². The van der Waals surface area contributed by atoms with Gasteiger partial charge in [0, 0.05) is 32.1 Å². The third-order valence-electron chi connectivity index (χ3n) is 4.23. The molecule has 0 saturated carbocycles. The van der Waals surface area contributed by atoms with E-state index in [1.807, 2.05) is 16.3 Å². The Labute approximate surface area is 125 Å². The lowest BCUT2D eigenvalue weighted by atomic mass is 10.1. The minimum Gasteiger partial charge on any atom is -0.352 e. The smallest absolute Gasteiger partial charge is 0.240 e. The van der Waals surface area contributed by atoms with Crippen molar-refractivity contribution in [3.63, 3.8) is 0 Å². The normalized spacial score (nSPS) is 22.0. The number of nitrogens with zero attached hydrogens (tertiary/aromatic N) is 4. The number of nitrogen functional groups attached to an aromatic ring is 1. The van der Waals surface area contributed by atoms with Gasteiger partial charge in [0.1, 0.15) is 10.6 Å². The quantitative estimate of drug-likeness (QED) is 0.630. The summed E-state index contributed by atoms with van der Waals surface area (Å²) in [4.78, 5) is 25.9. The Bertz CT molecular complexity index is 701. The Hall–Kier alpha value is -1.93. The summed E-state index contributed by atoms with van der Waals surface area (Å²) < 4.78 is 0. The van der Waals surface area contributed by atoms with Gasteiger partial charge in [-0.25, -0.2) is 10.8 Å². The molecular weight excluding hydrogens is 288 g/mol. The van der Waals surface area contributed by atoms with E-state index in [4.69, 9.17) is 5.84 Å². The molecule has 2 fully saturated rings. The SMILES string of the molecule is NNc1nc(N2CCN3C(=O)CCC3C2)c2ccsc2n1. The standard InChI is InChI=1S/C13H16N6OS/c14-17-13-15-11(9-3-6-21-12(9)16-13)18-4-5-19-8(7-18)1-2-10(19)20/h3,6,8H,1-2,4-5,7,14H2,(H,15,16,17). The summed E-state index contributed by atoms with van der Waals surface area (Å²) in [6.07, 6.45) is 1.61. The summed E-state index contributed by atoms with van der Waals surface area (Å²) in [5.41, 5.74) is 2.54. The molecule has 7 nitrogen and oxygen atoms in total. The number of nitrogens with two attached hydrogens (primary N) is 1. The second-order valence-corrected chi connectivity index (χ2v) is 6.27. The third-order valence-corrected chi connectivity index (χ3v) is 5.03. The number of aromatic nitrogens is 2. The van der Waals surface area contributed by atoms with Gasteiger partial charge in [-0.1, -0.05) is 0 Å². The van der Waals surface area contributed by atoms with Gasteiger partial charge in [-0.05, 0) is 17.9 Å². The van der Waals surface area contributed by atoms with Gasteiger partial charge < -0.3 is 9.80 Å². The van der Waals surface area contributed by atoms with Crippen LogP contribution in [-0.4, -0.2) is 46.5 Å². The van der Waals surface area contributed by atoms with Gasteiger partial charge in [-0.15, -0.1) is 11.3 Å². The van der Waals surface area contributed by atoms with E-state index in [0.29, 0.717) is 18.4 Å². The fraction of sp³-hybridized carbons (Fsp3) is 0.462. The van der Waals surface area contributed by atoms with Crippen molar-refractivity contribution >= 4 is 39.2 Å². The van der Waals surface area contributed by atoms with Crippen molar-refractivity contribution in [3.05, 3.63) is 11.4 Å². The molecule has 1 atom stereocenters. The number of hydrogen-bond donors (Lipinski definition) is 2. The van der Waals surface area contributed by atoms with Crippen LogP contribution >= 0.6 is 11.3 Å². The van der Waals surface area contributed by atoms with E-state index in [0.717, 1.165) is 42.1 Å². The van der Waals surface area contributed by atoms with Crippen molar-refractivity contribution in [3.8, 4) is 0 Å². The molecule has 0 spiro atoms. The van der Waals surface area contributed by atoms with Crippen LogP contribution in [0.25, 0.3) is 10.2 Å². The number of nitrogens with one attached hydrogen (secondary N) is 1. The van der Waals surface area contributed by atoms with Crippen LogP contribution in [0, 0.1) is 0 Å². The van der Waals surface area contributed by atoms with Gasteiger partial charge in [0.25, 0.3) is 0 Å². The number of piperazine rings is 1. The zero-order valence-electron chi connectivity index (χ0n) is 11.5. The Morgan fingerprint density at radius 3 is 3.14 bits per heavy atom. The lowest BCUT2D eigenvalue weighted by Gasteiger charge is -2.38. The summed E-state index contributed by atoms with van der Waals surface area (Å²) >= 11 is 1.58. The molecule has 21 heavy (non-hydrogen) atoms. The Balaban J connectivity index is 1.70. The molecule has 2 aromatic heterocycles. The summed E-state index contributed by atoms with van der Waals surface area (Å²) in [6.45, 7) is 2.40.